The van der Waals surface area contributed by atoms with Crippen molar-refractivity contribution in [2.24, 2.45) is 34.5 Å². The average Bonchev–Trinajstić information content (AvgIpc) is 3.32. The first-order valence-electron chi connectivity index (χ1n) is 13.1. The molecule has 0 radical (unpaired) electrons. The lowest BCUT2D eigenvalue weighted by Crippen LogP contribution is -2.59. The summed E-state index contributed by atoms with van der Waals surface area (Å²) in [6.45, 7) is 6.26. The largest absolute Gasteiger partial charge is 0.338 e. The Morgan fingerprint density at radius 2 is 1.94 bits per heavy atom. The first kappa shape index (κ1) is 20.7. The highest BCUT2D eigenvalue weighted by Gasteiger charge is 2.60. The van der Waals surface area contributed by atoms with Crippen molar-refractivity contribution >= 4 is 5.91 Å². The Hall–Kier alpha value is -0.910. The zero-order chi connectivity index (χ0) is 21.4. The minimum atomic E-state index is 0.168. The number of fused-ring (bicyclic) bond motifs is 6. The van der Waals surface area contributed by atoms with E-state index in [1.165, 1.54) is 57.8 Å². The van der Waals surface area contributed by atoms with Crippen molar-refractivity contribution < 1.29 is 4.79 Å². The topological polar surface area (TPSA) is 56.4 Å². The van der Waals surface area contributed by atoms with Crippen LogP contribution in [0.4, 0.5) is 0 Å². The summed E-state index contributed by atoms with van der Waals surface area (Å²) in [5, 5.41) is 11.5. The number of nitrogens with one attached hydrogen (secondary N) is 3. The molecular weight excluding hydrogens is 384 g/mol. The molecule has 3 heterocycles. The van der Waals surface area contributed by atoms with E-state index in [4.69, 9.17) is 0 Å². The maximum atomic E-state index is 12.3. The van der Waals surface area contributed by atoms with Gasteiger partial charge in [-0.2, -0.15) is 0 Å². The summed E-state index contributed by atoms with van der Waals surface area (Å²) in [5.41, 5.74) is 0.663. The van der Waals surface area contributed by atoms with Crippen LogP contribution in [0.25, 0.3) is 0 Å². The number of hydrogen-bond donors (Lipinski definition) is 3. The molecule has 5 fully saturated rings. The molecule has 172 valence electrons. The minimum absolute atomic E-state index is 0.168. The van der Waals surface area contributed by atoms with Crippen LogP contribution >= 0.6 is 0 Å². The molecule has 0 aromatic carbocycles. The number of carbonyl (C=O) groups is 1. The molecule has 3 aliphatic heterocycles. The van der Waals surface area contributed by atoms with E-state index in [1.54, 1.807) is 0 Å². The Labute approximate surface area is 188 Å². The molecule has 3 N–H and O–H groups in total. The van der Waals surface area contributed by atoms with Crippen LogP contribution in [0.1, 0.15) is 71.6 Å². The van der Waals surface area contributed by atoms with Crippen molar-refractivity contribution in [1.82, 2.24) is 20.9 Å². The number of hydrogen-bond acceptors (Lipinski definition) is 4. The summed E-state index contributed by atoms with van der Waals surface area (Å²) in [7, 11) is 2.03. The van der Waals surface area contributed by atoms with Gasteiger partial charge in [-0.1, -0.05) is 19.9 Å². The highest BCUT2D eigenvalue weighted by atomic mass is 16.2. The average molecular weight is 427 g/mol. The lowest BCUT2D eigenvalue weighted by Gasteiger charge is -2.60. The van der Waals surface area contributed by atoms with E-state index in [0.717, 1.165) is 30.2 Å². The van der Waals surface area contributed by atoms with Crippen LogP contribution < -0.4 is 16.0 Å². The van der Waals surface area contributed by atoms with Gasteiger partial charge in [-0.05, 0) is 99.5 Å². The molecule has 2 saturated heterocycles. The standard InChI is InChI=1S/C26H42N4O/c1-25-12-10-19-17(7-9-21-26(19,2)13-11-23(31)30(21)3)18(25)8-6-16(25)15-22-28-20-5-4-14-27-24(20)29-22/h11,13,16-22,24,27-29H,4-10,12,14-15H2,1-3H3/t16-,17+,18+,19+,20?,21?,22?,24?,25-,26-/m1/s1. The van der Waals surface area contributed by atoms with Gasteiger partial charge in [-0.3, -0.25) is 15.4 Å². The Kier molecular flexibility index (Phi) is 4.87. The van der Waals surface area contributed by atoms with E-state index in [1.807, 2.05) is 18.0 Å². The molecule has 4 unspecified atom stereocenters. The molecule has 3 saturated carbocycles. The van der Waals surface area contributed by atoms with Crippen molar-refractivity contribution in [2.75, 3.05) is 13.6 Å². The molecular formula is C26H42N4O. The summed E-state index contributed by atoms with van der Waals surface area (Å²) in [6, 6.07) is 1.02. The van der Waals surface area contributed by atoms with Gasteiger partial charge in [0.1, 0.15) is 0 Å². The van der Waals surface area contributed by atoms with Crippen LogP contribution in [0.2, 0.25) is 0 Å². The van der Waals surface area contributed by atoms with Crippen molar-refractivity contribution in [3.63, 3.8) is 0 Å². The van der Waals surface area contributed by atoms with Gasteiger partial charge in [0.2, 0.25) is 5.91 Å². The molecule has 0 bridgehead atoms. The Morgan fingerprint density at radius 1 is 1.06 bits per heavy atom. The van der Waals surface area contributed by atoms with Gasteiger partial charge in [0.05, 0.1) is 12.3 Å². The zero-order valence-electron chi connectivity index (χ0n) is 19.7. The molecule has 0 aromatic rings. The third-order valence-corrected chi connectivity index (χ3v) is 11.1. The van der Waals surface area contributed by atoms with Gasteiger partial charge in [-0.25, -0.2) is 0 Å². The van der Waals surface area contributed by atoms with Gasteiger partial charge >= 0.3 is 0 Å². The summed E-state index contributed by atoms with van der Waals surface area (Å²) < 4.78 is 0. The van der Waals surface area contributed by atoms with Crippen LogP contribution in [-0.4, -0.2) is 48.8 Å². The number of rotatable bonds is 2. The number of likely N-dealkylation sites (N-methyl/N-ethyl adjacent to an activating group) is 1. The van der Waals surface area contributed by atoms with Crippen molar-refractivity contribution in [3.8, 4) is 0 Å². The van der Waals surface area contributed by atoms with Crippen LogP contribution in [0, 0.1) is 34.5 Å². The van der Waals surface area contributed by atoms with Crippen molar-refractivity contribution in [3.05, 3.63) is 12.2 Å². The highest BCUT2D eigenvalue weighted by molar-refractivity contribution is 5.89. The second-order valence-corrected chi connectivity index (χ2v) is 12.2. The zero-order valence-corrected chi connectivity index (χ0v) is 19.7. The first-order valence-corrected chi connectivity index (χ1v) is 13.1. The monoisotopic (exact) mass is 426 g/mol. The Morgan fingerprint density at radius 3 is 2.77 bits per heavy atom. The molecule has 5 nitrogen and oxygen atoms in total. The molecule has 10 atom stereocenters. The van der Waals surface area contributed by atoms with Crippen LogP contribution in [0.3, 0.4) is 0 Å². The van der Waals surface area contributed by atoms with Crippen LogP contribution in [0.5, 0.6) is 0 Å². The lowest BCUT2D eigenvalue weighted by molar-refractivity contribution is -0.138. The van der Waals surface area contributed by atoms with E-state index in [2.05, 4.69) is 35.9 Å². The number of carbonyl (C=O) groups excluding carboxylic acids is 1. The van der Waals surface area contributed by atoms with Crippen molar-refractivity contribution in [1.29, 1.82) is 0 Å². The fourth-order valence-electron chi connectivity index (χ4n) is 9.42. The summed E-state index contributed by atoms with van der Waals surface area (Å²) in [4.78, 5) is 14.4. The Balaban J connectivity index is 1.19. The lowest BCUT2D eigenvalue weighted by atomic mass is 9.47. The first-order chi connectivity index (χ1) is 14.9. The minimum Gasteiger partial charge on any atom is -0.338 e. The second kappa shape index (κ2) is 7.30. The SMILES string of the molecule is CN1C(=O)C=C[C@@]2(C)C1CC[C@H]1[C@@H]3CC[C@H](CC4NC5CCCNC5N4)[C@@]3(C)CC[C@@H]12. The summed E-state index contributed by atoms with van der Waals surface area (Å²) in [6.07, 6.45) is 17.1. The summed E-state index contributed by atoms with van der Waals surface area (Å²) >= 11 is 0. The summed E-state index contributed by atoms with van der Waals surface area (Å²) in [5.74, 6) is 3.48. The Bertz CT molecular complexity index is 755. The van der Waals surface area contributed by atoms with Gasteiger partial charge in [0.25, 0.3) is 0 Å². The predicted octanol–water partition coefficient (Wildman–Crippen LogP) is 3.23. The second-order valence-electron chi connectivity index (χ2n) is 12.2. The van der Waals surface area contributed by atoms with Gasteiger partial charge in [0, 0.05) is 24.5 Å². The number of amides is 1. The van der Waals surface area contributed by atoms with E-state index in [9.17, 15) is 4.79 Å². The molecule has 1 amide bonds. The normalized spacial score (nSPS) is 53.6. The fraction of sp³-hybridized carbons (Fsp3) is 0.885. The smallest absolute Gasteiger partial charge is 0.246 e. The maximum Gasteiger partial charge on any atom is 0.246 e. The molecule has 31 heavy (non-hydrogen) atoms. The van der Waals surface area contributed by atoms with Gasteiger partial charge in [0.15, 0.2) is 0 Å². The van der Waals surface area contributed by atoms with E-state index < -0.39 is 0 Å². The van der Waals surface area contributed by atoms with E-state index in [0.29, 0.717) is 29.8 Å². The third kappa shape index (κ3) is 3.02. The van der Waals surface area contributed by atoms with Crippen LogP contribution in [0.15, 0.2) is 12.2 Å². The highest BCUT2D eigenvalue weighted by Crippen LogP contribution is 2.66. The van der Waals surface area contributed by atoms with Crippen molar-refractivity contribution in [2.45, 2.75) is 96.1 Å². The molecule has 6 rings (SSSR count). The number of nitrogens with zero attached hydrogens (tertiary/aromatic N) is 1. The molecule has 5 heteroatoms. The van der Waals surface area contributed by atoms with Crippen LogP contribution in [-0.2, 0) is 4.79 Å². The van der Waals surface area contributed by atoms with Gasteiger partial charge < -0.3 is 10.2 Å². The molecule has 3 aliphatic carbocycles. The molecule has 0 aromatic heterocycles. The van der Waals surface area contributed by atoms with E-state index >= 15 is 0 Å². The molecule has 0 spiro atoms. The van der Waals surface area contributed by atoms with Gasteiger partial charge in [-0.15, -0.1) is 0 Å². The predicted molar refractivity (Wildman–Crippen MR) is 123 cm³/mol. The molecule has 6 aliphatic rings. The number of piperidine rings is 1. The quantitative estimate of drug-likeness (QED) is 0.635. The van der Waals surface area contributed by atoms with E-state index in [-0.39, 0.29) is 11.3 Å². The fourth-order valence-corrected chi connectivity index (χ4v) is 9.42. The third-order valence-electron chi connectivity index (χ3n) is 11.1. The maximum absolute atomic E-state index is 12.3.